The first-order valence-electron chi connectivity index (χ1n) is 7.12. The Bertz CT molecular complexity index is 356. The number of halogens is 1. The lowest BCUT2D eigenvalue weighted by Gasteiger charge is -2.31. The first-order valence-corrected chi connectivity index (χ1v) is 8.70. The van der Waals surface area contributed by atoms with Crippen molar-refractivity contribution in [1.82, 2.24) is 0 Å². The molecule has 0 N–H and O–H groups in total. The van der Waals surface area contributed by atoms with E-state index in [0.717, 1.165) is 12.0 Å². The zero-order valence-electron chi connectivity index (χ0n) is 13.5. The van der Waals surface area contributed by atoms with Gasteiger partial charge in [0, 0.05) is 12.0 Å². The molecule has 1 nitrogen and oxygen atoms in total. The molecule has 0 fully saturated rings. The first-order chi connectivity index (χ1) is 9.11. The van der Waals surface area contributed by atoms with Crippen molar-refractivity contribution in [3.05, 3.63) is 35.4 Å². The molecular formula is C17H29BrO. The van der Waals surface area contributed by atoms with E-state index in [-0.39, 0.29) is 5.41 Å². The normalized spacial score (nSPS) is 14.4. The summed E-state index contributed by atoms with van der Waals surface area (Å²) in [5.74, 6) is 2.11. The lowest BCUT2D eigenvalue weighted by atomic mass is 9.72. The Hall–Kier alpha value is -0.630. The lowest BCUT2D eigenvalue weighted by molar-refractivity contribution is 0.0957. The Morgan fingerprint density at radius 3 is 1.95 bits per heavy atom. The fourth-order valence-electron chi connectivity index (χ4n) is 2.01. The van der Waals surface area contributed by atoms with E-state index in [0.29, 0.717) is 12.2 Å². The molecule has 0 bridgehead atoms. The van der Waals surface area contributed by atoms with Gasteiger partial charge in [0.1, 0.15) is 0 Å². The Morgan fingerprint density at radius 1 is 1.00 bits per heavy atom. The van der Waals surface area contributed by atoms with E-state index in [1.54, 1.807) is 0 Å². The summed E-state index contributed by atoms with van der Waals surface area (Å²) in [7, 11) is 0. The van der Waals surface area contributed by atoms with Crippen molar-refractivity contribution in [2.45, 2.75) is 59.8 Å². The molecule has 0 unspecified atom stereocenters. The molecule has 0 aliphatic heterocycles. The minimum atomic E-state index is 0.171. The number of Topliss-reactive ketones (excluding diaryl/α,β-unsaturated/α-hetero) is 1. The van der Waals surface area contributed by atoms with Crippen molar-refractivity contribution < 1.29 is 4.79 Å². The molecule has 0 saturated heterocycles. The topological polar surface area (TPSA) is 17.1 Å². The van der Waals surface area contributed by atoms with Crippen molar-refractivity contribution in [3.63, 3.8) is 0 Å². The lowest BCUT2D eigenvalue weighted by Crippen LogP contribution is -2.26. The molecule has 0 saturated carbocycles. The van der Waals surface area contributed by atoms with Crippen LogP contribution in [-0.2, 0) is 5.41 Å². The van der Waals surface area contributed by atoms with E-state index in [1.807, 2.05) is 51.7 Å². The fraction of sp³-hybridized carbons (Fsp3) is 0.588. The summed E-state index contributed by atoms with van der Waals surface area (Å²) >= 11 is 2.94. The number of alkyl halides is 1. The van der Waals surface area contributed by atoms with Crippen molar-refractivity contribution in [3.8, 4) is 0 Å². The van der Waals surface area contributed by atoms with Crippen LogP contribution in [0.15, 0.2) is 24.3 Å². The molecule has 0 radical (unpaired) electrons. The first kappa shape index (κ1) is 20.7. The van der Waals surface area contributed by atoms with Gasteiger partial charge in [-0.2, -0.15) is 0 Å². The SMILES string of the molecule is CBr.CC.CC.CC1(C)CCC(=O)c2ccccc21. The number of benzene rings is 1. The van der Waals surface area contributed by atoms with Gasteiger partial charge >= 0.3 is 0 Å². The Morgan fingerprint density at radius 2 is 1.47 bits per heavy atom. The van der Waals surface area contributed by atoms with Crippen LogP contribution >= 0.6 is 15.9 Å². The number of ketones is 1. The summed E-state index contributed by atoms with van der Waals surface area (Å²) in [6.07, 6.45) is 1.67. The van der Waals surface area contributed by atoms with Gasteiger partial charge < -0.3 is 0 Å². The molecule has 1 aliphatic carbocycles. The van der Waals surface area contributed by atoms with Crippen LogP contribution in [0.25, 0.3) is 0 Å². The van der Waals surface area contributed by atoms with Gasteiger partial charge in [0.25, 0.3) is 0 Å². The molecule has 0 amide bonds. The summed E-state index contributed by atoms with van der Waals surface area (Å²) in [5.41, 5.74) is 2.31. The second-order valence-electron chi connectivity index (χ2n) is 4.35. The third-order valence-electron chi connectivity index (χ3n) is 2.93. The van der Waals surface area contributed by atoms with Crippen molar-refractivity contribution in [1.29, 1.82) is 0 Å². The highest BCUT2D eigenvalue weighted by molar-refractivity contribution is 9.08. The predicted octanol–water partition coefficient (Wildman–Crippen LogP) is 6.00. The largest absolute Gasteiger partial charge is 0.294 e. The van der Waals surface area contributed by atoms with Gasteiger partial charge in [0.15, 0.2) is 5.78 Å². The maximum atomic E-state index is 11.6. The maximum absolute atomic E-state index is 11.6. The standard InChI is InChI=1S/C12H14O.2C2H6.CH3Br/c1-12(2)8-7-11(13)9-5-3-4-6-10(9)12;3*1-2/h3-6H,7-8H2,1-2H3;2*1-2H3;1H3. The van der Waals surface area contributed by atoms with Crippen LogP contribution in [0.4, 0.5) is 0 Å². The summed E-state index contributed by atoms with van der Waals surface area (Å²) < 4.78 is 0. The van der Waals surface area contributed by atoms with E-state index in [2.05, 4.69) is 35.8 Å². The Labute approximate surface area is 127 Å². The average molecular weight is 329 g/mol. The maximum Gasteiger partial charge on any atom is 0.163 e. The summed E-state index contributed by atoms with van der Waals surface area (Å²) in [4.78, 5) is 11.6. The van der Waals surface area contributed by atoms with E-state index in [1.165, 1.54) is 5.56 Å². The fourth-order valence-corrected chi connectivity index (χ4v) is 2.01. The molecule has 2 heteroatoms. The van der Waals surface area contributed by atoms with E-state index < -0.39 is 0 Å². The van der Waals surface area contributed by atoms with Gasteiger partial charge in [-0.15, -0.1) is 0 Å². The highest BCUT2D eigenvalue weighted by Crippen LogP contribution is 2.36. The van der Waals surface area contributed by atoms with Gasteiger partial charge in [-0.3, -0.25) is 4.79 Å². The third kappa shape index (κ3) is 5.90. The van der Waals surface area contributed by atoms with Crippen molar-refractivity contribution in [2.75, 3.05) is 5.83 Å². The molecule has 0 spiro atoms. The summed E-state index contributed by atoms with van der Waals surface area (Å²) in [6, 6.07) is 7.97. The molecule has 0 aromatic heterocycles. The minimum absolute atomic E-state index is 0.171. The van der Waals surface area contributed by atoms with Crippen LogP contribution in [0.3, 0.4) is 0 Å². The number of carbonyl (C=O) groups is 1. The van der Waals surface area contributed by atoms with E-state index >= 15 is 0 Å². The Kier molecular flexibility index (Phi) is 12.2. The number of fused-ring (bicyclic) bond motifs is 1. The quantitative estimate of drug-likeness (QED) is 0.533. The number of hydrogen-bond donors (Lipinski definition) is 0. The van der Waals surface area contributed by atoms with Gasteiger partial charge in [-0.25, -0.2) is 0 Å². The molecule has 110 valence electrons. The van der Waals surface area contributed by atoms with Crippen LogP contribution in [0.2, 0.25) is 0 Å². The van der Waals surface area contributed by atoms with E-state index in [4.69, 9.17) is 0 Å². The number of hydrogen-bond acceptors (Lipinski definition) is 1. The highest BCUT2D eigenvalue weighted by atomic mass is 79.9. The average Bonchev–Trinajstić information content (AvgIpc) is 2.50. The third-order valence-corrected chi connectivity index (χ3v) is 2.93. The molecule has 1 aromatic carbocycles. The minimum Gasteiger partial charge on any atom is -0.294 e. The van der Waals surface area contributed by atoms with Crippen LogP contribution in [0.5, 0.6) is 0 Å². The molecule has 1 aliphatic rings. The van der Waals surface area contributed by atoms with Gasteiger partial charge in [0.2, 0.25) is 0 Å². The summed E-state index contributed by atoms with van der Waals surface area (Å²) in [6.45, 7) is 12.4. The molecule has 2 rings (SSSR count). The highest BCUT2D eigenvalue weighted by Gasteiger charge is 2.30. The van der Waals surface area contributed by atoms with Gasteiger partial charge in [-0.1, -0.05) is 81.7 Å². The predicted molar refractivity (Wildman–Crippen MR) is 90.6 cm³/mol. The second kappa shape index (κ2) is 11.2. The van der Waals surface area contributed by atoms with Gasteiger partial charge in [0.05, 0.1) is 0 Å². The van der Waals surface area contributed by atoms with Crippen LogP contribution < -0.4 is 0 Å². The molecule has 1 aromatic rings. The van der Waals surface area contributed by atoms with Crippen molar-refractivity contribution in [2.24, 2.45) is 0 Å². The zero-order chi connectivity index (χ0) is 15.5. The second-order valence-corrected chi connectivity index (χ2v) is 4.35. The summed E-state index contributed by atoms with van der Waals surface area (Å²) in [5, 5.41) is 0. The molecule has 0 heterocycles. The molecule has 19 heavy (non-hydrogen) atoms. The number of rotatable bonds is 0. The van der Waals surface area contributed by atoms with E-state index in [9.17, 15) is 4.79 Å². The zero-order valence-corrected chi connectivity index (χ0v) is 15.1. The van der Waals surface area contributed by atoms with Crippen molar-refractivity contribution >= 4 is 21.7 Å². The van der Waals surface area contributed by atoms with Crippen LogP contribution in [-0.4, -0.2) is 11.6 Å². The monoisotopic (exact) mass is 328 g/mol. The van der Waals surface area contributed by atoms with Gasteiger partial charge in [-0.05, 0) is 23.2 Å². The Balaban J connectivity index is 0. The number of carbonyl (C=O) groups excluding carboxylic acids is 1. The molecular weight excluding hydrogens is 300 g/mol. The molecule has 0 atom stereocenters. The smallest absolute Gasteiger partial charge is 0.163 e. The van der Waals surface area contributed by atoms with Crippen LogP contribution in [0.1, 0.15) is 70.3 Å². The van der Waals surface area contributed by atoms with Crippen LogP contribution in [0, 0.1) is 0 Å².